The lowest BCUT2D eigenvalue weighted by Crippen LogP contribution is -2.10. The minimum Gasteiger partial charge on any atom is -0.466 e. The Hall–Kier alpha value is -0.860. The molecule has 0 N–H and O–H groups in total. The molecular formula is C10H18O3. The summed E-state index contributed by atoms with van der Waals surface area (Å²) in [5.41, 5.74) is 0. The van der Waals surface area contributed by atoms with E-state index in [1.54, 1.807) is 6.92 Å². The summed E-state index contributed by atoms with van der Waals surface area (Å²) in [5.74, 6) is -0.143. The predicted molar refractivity (Wildman–Crippen MR) is 50.3 cm³/mol. The zero-order valence-electron chi connectivity index (χ0n) is 8.41. The SMILES string of the molecule is CCCC(C=O)CCOC(=O)CC. The zero-order chi connectivity index (χ0) is 10.1. The molecule has 0 fully saturated rings. The van der Waals surface area contributed by atoms with Crippen LogP contribution in [0, 0.1) is 5.92 Å². The molecule has 0 aliphatic rings. The molecule has 0 heterocycles. The average molecular weight is 186 g/mol. The van der Waals surface area contributed by atoms with Gasteiger partial charge in [0.05, 0.1) is 6.61 Å². The van der Waals surface area contributed by atoms with Gasteiger partial charge in [0, 0.05) is 12.3 Å². The minimum absolute atomic E-state index is 0.0506. The topological polar surface area (TPSA) is 43.4 Å². The molecule has 0 aromatic rings. The summed E-state index contributed by atoms with van der Waals surface area (Å²) in [6, 6.07) is 0. The standard InChI is InChI=1S/C10H18O3/c1-3-5-9(8-11)6-7-13-10(12)4-2/h8-9H,3-7H2,1-2H3. The number of carbonyl (C=O) groups is 2. The Kier molecular flexibility index (Phi) is 7.26. The van der Waals surface area contributed by atoms with E-state index in [1.807, 2.05) is 6.92 Å². The van der Waals surface area contributed by atoms with Crippen LogP contribution >= 0.6 is 0 Å². The normalized spacial score (nSPS) is 12.2. The fourth-order valence-electron chi connectivity index (χ4n) is 1.08. The molecule has 76 valence electrons. The van der Waals surface area contributed by atoms with Gasteiger partial charge in [0.25, 0.3) is 0 Å². The lowest BCUT2D eigenvalue weighted by Gasteiger charge is -2.08. The zero-order valence-corrected chi connectivity index (χ0v) is 8.41. The highest BCUT2D eigenvalue weighted by Gasteiger charge is 2.06. The Bertz CT molecular complexity index is 154. The van der Waals surface area contributed by atoms with E-state index in [0.717, 1.165) is 19.1 Å². The van der Waals surface area contributed by atoms with E-state index < -0.39 is 0 Å². The maximum absolute atomic E-state index is 10.7. The molecule has 0 bridgehead atoms. The van der Waals surface area contributed by atoms with Crippen molar-refractivity contribution in [3.8, 4) is 0 Å². The van der Waals surface area contributed by atoms with Crippen LogP contribution in [0.5, 0.6) is 0 Å². The highest BCUT2D eigenvalue weighted by Crippen LogP contribution is 2.08. The second-order valence-electron chi connectivity index (χ2n) is 3.05. The van der Waals surface area contributed by atoms with Gasteiger partial charge < -0.3 is 9.53 Å². The molecule has 0 rings (SSSR count). The molecule has 1 atom stereocenters. The van der Waals surface area contributed by atoms with Gasteiger partial charge in [-0.15, -0.1) is 0 Å². The minimum atomic E-state index is -0.193. The van der Waals surface area contributed by atoms with Gasteiger partial charge in [0.15, 0.2) is 0 Å². The van der Waals surface area contributed by atoms with Gasteiger partial charge in [-0.25, -0.2) is 0 Å². The van der Waals surface area contributed by atoms with E-state index in [9.17, 15) is 9.59 Å². The van der Waals surface area contributed by atoms with Crippen LogP contribution in [0.3, 0.4) is 0 Å². The van der Waals surface area contributed by atoms with E-state index >= 15 is 0 Å². The number of hydrogen-bond acceptors (Lipinski definition) is 3. The Morgan fingerprint density at radius 2 is 2.08 bits per heavy atom. The Balaban J connectivity index is 3.48. The van der Waals surface area contributed by atoms with Crippen LogP contribution in [-0.2, 0) is 14.3 Å². The largest absolute Gasteiger partial charge is 0.466 e. The molecule has 0 aromatic carbocycles. The van der Waals surface area contributed by atoms with Crippen LogP contribution in [-0.4, -0.2) is 18.9 Å². The van der Waals surface area contributed by atoms with Crippen LogP contribution in [0.4, 0.5) is 0 Å². The average Bonchev–Trinajstić information content (AvgIpc) is 2.16. The number of ether oxygens (including phenoxy) is 1. The summed E-state index contributed by atoms with van der Waals surface area (Å²) in [5, 5.41) is 0. The predicted octanol–water partition coefficient (Wildman–Crippen LogP) is 1.94. The van der Waals surface area contributed by atoms with Gasteiger partial charge in [-0.3, -0.25) is 4.79 Å². The second kappa shape index (κ2) is 7.77. The van der Waals surface area contributed by atoms with Crippen molar-refractivity contribution < 1.29 is 14.3 Å². The van der Waals surface area contributed by atoms with Gasteiger partial charge in [0.2, 0.25) is 0 Å². The first-order valence-corrected chi connectivity index (χ1v) is 4.85. The molecule has 3 heteroatoms. The van der Waals surface area contributed by atoms with Gasteiger partial charge in [0.1, 0.15) is 6.29 Å². The fourth-order valence-corrected chi connectivity index (χ4v) is 1.08. The van der Waals surface area contributed by atoms with Crippen molar-refractivity contribution in [3.05, 3.63) is 0 Å². The number of hydrogen-bond donors (Lipinski definition) is 0. The second-order valence-corrected chi connectivity index (χ2v) is 3.05. The van der Waals surface area contributed by atoms with Crippen LogP contribution in [0.15, 0.2) is 0 Å². The summed E-state index contributed by atoms with van der Waals surface area (Å²) >= 11 is 0. The van der Waals surface area contributed by atoms with Crippen LogP contribution in [0.1, 0.15) is 39.5 Å². The Morgan fingerprint density at radius 1 is 1.38 bits per heavy atom. The van der Waals surface area contributed by atoms with Gasteiger partial charge >= 0.3 is 5.97 Å². The molecule has 3 nitrogen and oxygen atoms in total. The van der Waals surface area contributed by atoms with Crippen molar-refractivity contribution in [2.45, 2.75) is 39.5 Å². The molecular weight excluding hydrogens is 168 g/mol. The van der Waals surface area contributed by atoms with Crippen molar-refractivity contribution in [1.29, 1.82) is 0 Å². The molecule has 13 heavy (non-hydrogen) atoms. The molecule has 0 aromatic heterocycles. The van der Waals surface area contributed by atoms with Crippen molar-refractivity contribution in [3.63, 3.8) is 0 Å². The Labute approximate surface area is 79.5 Å². The third-order valence-corrected chi connectivity index (χ3v) is 1.89. The molecule has 0 amide bonds. The molecule has 0 aliphatic carbocycles. The molecule has 0 radical (unpaired) electrons. The molecule has 0 saturated carbocycles. The molecule has 1 unspecified atom stereocenters. The van der Waals surface area contributed by atoms with E-state index in [4.69, 9.17) is 4.74 Å². The number of carbonyl (C=O) groups excluding carboxylic acids is 2. The van der Waals surface area contributed by atoms with E-state index in [-0.39, 0.29) is 11.9 Å². The first kappa shape index (κ1) is 12.1. The van der Waals surface area contributed by atoms with E-state index in [1.165, 1.54) is 0 Å². The maximum Gasteiger partial charge on any atom is 0.305 e. The summed E-state index contributed by atoms with van der Waals surface area (Å²) in [7, 11) is 0. The Morgan fingerprint density at radius 3 is 2.54 bits per heavy atom. The summed E-state index contributed by atoms with van der Waals surface area (Å²) in [4.78, 5) is 21.2. The first-order chi connectivity index (χ1) is 6.24. The van der Waals surface area contributed by atoms with Crippen LogP contribution in [0.25, 0.3) is 0 Å². The molecule has 0 aliphatic heterocycles. The van der Waals surface area contributed by atoms with Crippen molar-refractivity contribution in [2.75, 3.05) is 6.61 Å². The first-order valence-electron chi connectivity index (χ1n) is 4.85. The van der Waals surface area contributed by atoms with Gasteiger partial charge in [-0.05, 0) is 12.8 Å². The van der Waals surface area contributed by atoms with Gasteiger partial charge in [-0.2, -0.15) is 0 Å². The monoisotopic (exact) mass is 186 g/mol. The van der Waals surface area contributed by atoms with Crippen molar-refractivity contribution >= 4 is 12.3 Å². The summed E-state index contributed by atoms with van der Waals surface area (Å²) in [6.07, 6.45) is 3.88. The molecule has 0 saturated heterocycles. The van der Waals surface area contributed by atoms with E-state index in [0.29, 0.717) is 19.4 Å². The third kappa shape index (κ3) is 6.31. The number of aldehydes is 1. The fraction of sp³-hybridized carbons (Fsp3) is 0.800. The van der Waals surface area contributed by atoms with Crippen molar-refractivity contribution in [2.24, 2.45) is 5.92 Å². The molecule has 0 spiro atoms. The highest BCUT2D eigenvalue weighted by atomic mass is 16.5. The lowest BCUT2D eigenvalue weighted by molar-refractivity contribution is -0.143. The quantitative estimate of drug-likeness (QED) is 0.451. The lowest BCUT2D eigenvalue weighted by atomic mass is 10.0. The van der Waals surface area contributed by atoms with Crippen LogP contribution in [0.2, 0.25) is 0 Å². The highest BCUT2D eigenvalue weighted by molar-refractivity contribution is 5.68. The maximum atomic E-state index is 10.7. The smallest absolute Gasteiger partial charge is 0.305 e. The van der Waals surface area contributed by atoms with Crippen molar-refractivity contribution in [1.82, 2.24) is 0 Å². The number of esters is 1. The number of rotatable bonds is 7. The third-order valence-electron chi connectivity index (χ3n) is 1.89. The van der Waals surface area contributed by atoms with Gasteiger partial charge in [-0.1, -0.05) is 20.3 Å². The summed E-state index contributed by atoms with van der Waals surface area (Å²) < 4.78 is 4.87. The van der Waals surface area contributed by atoms with E-state index in [2.05, 4.69) is 0 Å². The van der Waals surface area contributed by atoms with Crippen LogP contribution < -0.4 is 0 Å². The summed E-state index contributed by atoms with van der Waals surface area (Å²) in [6.45, 7) is 4.16.